The molecule has 1 fully saturated rings. The summed E-state index contributed by atoms with van der Waals surface area (Å²) in [4.78, 5) is 14.4. The van der Waals surface area contributed by atoms with E-state index in [4.69, 9.17) is 5.11 Å². The Kier molecular flexibility index (Phi) is 5.49. The molecule has 25 heavy (non-hydrogen) atoms. The van der Waals surface area contributed by atoms with Gasteiger partial charge in [-0.3, -0.25) is 4.79 Å². The monoisotopic (exact) mass is 341 g/mol. The second-order valence-electron chi connectivity index (χ2n) is 6.76. The van der Waals surface area contributed by atoms with Gasteiger partial charge in [0.15, 0.2) is 0 Å². The van der Waals surface area contributed by atoms with Gasteiger partial charge in [0.05, 0.1) is 6.04 Å². The maximum absolute atomic E-state index is 13.0. The molecule has 1 aliphatic heterocycles. The first-order chi connectivity index (χ1) is 12.1. The summed E-state index contributed by atoms with van der Waals surface area (Å²) in [7, 11) is 0. The lowest BCUT2D eigenvalue weighted by Gasteiger charge is -2.36. The number of hydrogen-bond donors (Lipinski definition) is 1. The van der Waals surface area contributed by atoms with Crippen molar-refractivity contribution in [1.82, 2.24) is 4.90 Å². The Hall–Kier alpha value is -2.20. The SMILES string of the molecule is CC(c1ccc(-c2ccc(F)cc2)cc1)N1CCC(CCO)CC1=O. The number of aliphatic hydroxyl groups excluding tert-OH is 1. The van der Waals surface area contributed by atoms with E-state index in [0.29, 0.717) is 18.8 Å². The number of carbonyl (C=O) groups excluding carboxylic acids is 1. The highest BCUT2D eigenvalue weighted by atomic mass is 19.1. The number of aliphatic hydroxyl groups is 1. The molecule has 2 aromatic carbocycles. The second kappa shape index (κ2) is 7.79. The van der Waals surface area contributed by atoms with Crippen molar-refractivity contribution in [2.24, 2.45) is 5.92 Å². The van der Waals surface area contributed by atoms with Crippen LogP contribution in [0.4, 0.5) is 4.39 Å². The van der Waals surface area contributed by atoms with Gasteiger partial charge in [0.2, 0.25) is 5.91 Å². The summed E-state index contributed by atoms with van der Waals surface area (Å²) in [6.45, 7) is 2.94. The largest absolute Gasteiger partial charge is 0.396 e. The molecule has 2 unspecified atom stereocenters. The number of benzene rings is 2. The standard InChI is InChI=1S/C21H24FNO2/c1-15(23-12-10-16(11-13-24)14-21(23)25)17-2-4-18(5-3-17)19-6-8-20(22)9-7-19/h2-9,15-16,24H,10-14H2,1H3. The van der Waals surface area contributed by atoms with Gasteiger partial charge in [-0.25, -0.2) is 4.39 Å². The summed E-state index contributed by atoms with van der Waals surface area (Å²) in [6.07, 6.45) is 2.18. The Morgan fingerprint density at radius 1 is 1.12 bits per heavy atom. The number of halogens is 1. The molecule has 0 saturated carbocycles. The summed E-state index contributed by atoms with van der Waals surface area (Å²) in [5.74, 6) is 0.235. The third kappa shape index (κ3) is 4.07. The molecule has 1 N–H and O–H groups in total. The third-order valence-corrected chi connectivity index (χ3v) is 5.14. The highest BCUT2D eigenvalue weighted by Crippen LogP contribution is 2.30. The van der Waals surface area contributed by atoms with E-state index in [1.807, 2.05) is 29.2 Å². The molecule has 1 heterocycles. The van der Waals surface area contributed by atoms with Gasteiger partial charge in [-0.15, -0.1) is 0 Å². The minimum absolute atomic E-state index is 0.0323. The lowest BCUT2D eigenvalue weighted by atomic mass is 9.91. The Bertz CT molecular complexity index is 712. The van der Waals surface area contributed by atoms with Crippen LogP contribution >= 0.6 is 0 Å². The number of carbonyl (C=O) groups is 1. The summed E-state index contributed by atoms with van der Waals surface area (Å²) >= 11 is 0. The molecule has 3 nitrogen and oxygen atoms in total. The first-order valence-corrected chi connectivity index (χ1v) is 8.84. The molecule has 132 valence electrons. The highest BCUT2D eigenvalue weighted by molar-refractivity contribution is 5.77. The quantitative estimate of drug-likeness (QED) is 0.886. The number of rotatable bonds is 5. The van der Waals surface area contributed by atoms with Crippen LogP contribution < -0.4 is 0 Å². The van der Waals surface area contributed by atoms with Crippen LogP contribution in [0.5, 0.6) is 0 Å². The number of amides is 1. The Balaban J connectivity index is 1.69. The molecule has 1 saturated heterocycles. The topological polar surface area (TPSA) is 40.5 Å². The average molecular weight is 341 g/mol. The zero-order valence-electron chi connectivity index (χ0n) is 14.5. The molecular weight excluding hydrogens is 317 g/mol. The molecule has 0 radical (unpaired) electrons. The zero-order chi connectivity index (χ0) is 17.8. The van der Waals surface area contributed by atoms with E-state index < -0.39 is 0 Å². The normalized spacial score (nSPS) is 19.1. The van der Waals surface area contributed by atoms with E-state index in [2.05, 4.69) is 6.92 Å². The number of piperidine rings is 1. The Labute approximate surface area is 148 Å². The van der Waals surface area contributed by atoms with E-state index in [1.165, 1.54) is 12.1 Å². The molecule has 3 rings (SSSR count). The van der Waals surface area contributed by atoms with Crippen LogP contribution in [0.3, 0.4) is 0 Å². The van der Waals surface area contributed by atoms with Crippen molar-refractivity contribution in [1.29, 1.82) is 0 Å². The highest BCUT2D eigenvalue weighted by Gasteiger charge is 2.29. The van der Waals surface area contributed by atoms with Gasteiger partial charge >= 0.3 is 0 Å². The third-order valence-electron chi connectivity index (χ3n) is 5.14. The molecular formula is C21H24FNO2. The number of nitrogens with zero attached hydrogens (tertiary/aromatic N) is 1. The van der Waals surface area contributed by atoms with Gasteiger partial charge in [-0.1, -0.05) is 36.4 Å². The molecule has 0 aromatic heterocycles. The van der Waals surface area contributed by atoms with E-state index in [9.17, 15) is 9.18 Å². The molecule has 2 atom stereocenters. The molecule has 2 aromatic rings. The van der Waals surface area contributed by atoms with Gasteiger partial charge < -0.3 is 10.0 Å². The average Bonchev–Trinajstić information content (AvgIpc) is 2.62. The molecule has 1 aliphatic rings. The van der Waals surface area contributed by atoms with Crippen molar-refractivity contribution in [3.63, 3.8) is 0 Å². The molecule has 0 bridgehead atoms. The van der Waals surface area contributed by atoms with Crippen LogP contribution in [-0.4, -0.2) is 29.1 Å². The first kappa shape index (κ1) is 17.6. The fraction of sp³-hybridized carbons (Fsp3) is 0.381. The van der Waals surface area contributed by atoms with Gasteiger partial charge in [-0.2, -0.15) is 0 Å². The van der Waals surface area contributed by atoms with Crippen LogP contribution in [0.25, 0.3) is 11.1 Å². The van der Waals surface area contributed by atoms with Gasteiger partial charge in [0, 0.05) is 19.6 Å². The summed E-state index contributed by atoms with van der Waals surface area (Å²) in [6, 6.07) is 14.6. The Morgan fingerprint density at radius 3 is 2.28 bits per heavy atom. The molecule has 1 amide bonds. The zero-order valence-corrected chi connectivity index (χ0v) is 14.5. The van der Waals surface area contributed by atoms with Crippen molar-refractivity contribution in [3.05, 3.63) is 59.9 Å². The summed E-state index contributed by atoms with van der Waals surface area (Å²) < 4.78 is 13.0. The van der Waals surface area contributed by atoms with Crippen molar-refractivity contribution in [3.8, 4) is 11.1 Å². The van der Waals surface area contributed by atoms with Crippen LogP contribution in [0.15, 0.2) is 48.5 Å². The first-order valence-electron chi connectivity index (χ1n) is 8.84. The molecule has 4 heteroatoms. The van der Waals surface area contributed by atoms with Crippen LogP contribution in [0.1, 0.15) is 37.8 Å². The van der Waals surface area contributed by atoms with E-state index in [1.54, 1.807) is 12.1 Å². The minimum Gasteiger partial charge on any atom is -0.396 e. The minimum atomic E-state index is -0.239. The van der Waals surface area contributed by atoms with Crippen LogP contribution in [-0.2, 0) is 4.79 Å². The maximum atomic E-state index is 13.0. The van der Waals surface area contributed by atoms with Crippen LogP contribution in [0, 0.1) is 11.7 Å². The van der Waals surface area contributed by atoms with Crippen molar-refractivity contribution in [2.75, 3.05) is 13.2 Å². The fourth-order valence-electron chi connectivity index (χ4n) is 3.53. The van der Waals surface area contributed by atoms with Gasteiger partial charge in [0.25, 0.3) is 0 Å². The molecule has 0 spiro atoms. The predicted molar refractivity (Wildman–Crippen MR) is 96.4 cm³/mol. The summed E-state index contributed by atoms with van der Waals surface area (Å²) in [5, 5.41) is 9.05. The van der Waals surface area contributed by atoms with Crippen molar-refractivity contribution >= 4 is 5.91 Å². The van der Waals surface area contributed by atoms with Gasteiger partial charge in [0.1, 0.15) is 5.82 Å². The Morgan fingerprint density at radius 2 is 1.72 bits per heavy atom. The number of hydrogen-bond acceptors (Lipinski definition) is 2. The van der Waals surface area contributed by atoms with E-state index in [-0.39, 0.29) is 24.4 Å². The van der Waals surface area contributed by atoms with E-state index in [0.717, 1.165) is 29.7 Å². The van der Waals surface area contributed by atoms with E-state index >= 15 is 0 Å². The molecule has 0 aliphatic carbocycles. The predicted octanol–water partition coefficient (Wildman–Crippen LogP) is 4.17. The van der Waals surface area contributed by atoms with Crippen molar-refractivity contribution < 1.29 is 14.3 Å². The summed E-state index contributed by atoms with van der Waals surface area (Å²) in [5.41, 5.74) is 3.10. The fourth-order valence-corrected chi connectivity index (χ4v) is 3.53. The van der Waals surface area contributed by atoms with Crippen molar-refractivity contribution in [2.45, 2.75) is 32.2 Å². The second-order valence-corrected chi connectivity index (χ2v) is 6.76. The maximum Gasteiger partial charge on any atom is 0.223 e. The lowest BCUT2D eigenvalue weighted by molar-refractivity contribution is -0.137. The smallest absolute Gasteiger partial charge is 0.223 e. The van der Waals surface area contributed by atoms with Crippen LogP contribution in [0.2, 0.25) is 0 Å². The number of likely N-dealkylation sites (tertiary alicyclic amines) is 1. The van der Waals surface area contributed by atoms with Gasteiger partial charge in [-0.05, 0) is 54.5 Å². The lowest BCUT2D eigenvalue weighted by Crippen LogP contribution is -2.40.